The predicted molar refractivity (Wildman–Crippen MR) is 82.5 cm³/mol. The summed E-state index contributed by atoms with van der Waals surface area (Å²) in [5, 5.41) is 0.536. The number of H-pyrrole nitrogens is 1. The summed E-state index contributed by atoms with van der Waals surface area (Å²) >= 11 is 5.75. The molecule has 3 N–H and O–H groups in total. The van der Waals surface area contributed by atoms with Crippen molar-refractivity contribution in [3.05, 3.63) is 64.9 Å². The van der Waals surface area contributed by atoms with E-state index < -0.39 is 11.8 Å². The zero-order valence-corrected chi connectivity index (χ0v) is 12.0. The van der Waals surface area contributed by atoms with Crippen molar-refractivity contribution in [3.8, 4) is 0 Å². The number of aromatic amines is 1. The van der Waals surface area contributed by atoms with E-state index in [0.717, 1.165) is 11.0 Å². The average Bonchev–Trinajstić information content (AvgIpc) is 3.00. The number of aromatic nitrogens is 2. The van der Waals surface area contributed by atoms with Crippen LogP contribution in [0.1, 0.15) is 20.7 Å². The van der Waals surface area contributed by atoms with Gasteiger partial charge < -0.3 is 4.98 Å². The number of nitrogens with one attached hydrogen (secondary N) is 3. The van der Waals surface area contributed by atoms with E-state index in [1.54, 1.807) is 48.8 Å². The standard InChI is InChI=1S/C15H11ClN4O2/c16-11-4-1-9(2-5-11)14(21)19-20-15(22)10-3-6-12-13(7-10)18-8-17-12/h1-8H,(H,17,18)(H,19,21)(H,20,22). The van der Waals surface area contributed by atoms with Gasteiger partial charge in [-0.1, -0.05) is 11.6 Å². The number of benzene rings is 2. The number of amides is 2. The highest BCUT2D eigenvalue weighted by atomic mass is 35.5. The molecule has 0 aliphatic heterocycles. The maximum Gasteiger partial charge on any atom is 0.269 e. The quantitative estimate of drug-likeness (QED) is 0.634. The Labute approximate surface area is 130 Å². The predicted octanol–water partition coefficient (Wildman–Crippen LogP) is 2.29. The van der Waals surface area contributed by atoms with Crippen molar-refractivity contribution in [2.75, 3.05) is 0 Å². The molecule has 3 rings (SSSR count). The lowest BCUT2D eigenvalue weighted by atomic mass is 10.2. The molecule has 0 bridgehead atoms. The van der Waals surface area contributed by atoms with Gasteiger partial charge in [-0.3, -0.25) is 20.4 Å². The molecule has 0 fully saturated rings. The summed E-state index contributed by atoms with van der Waals surface area (Å²) in [6.45, 7) is 0. The van der Waals surface area contributed by atoms with Crippen LogP contribution in [0.5, 0.6) is 0 Å². The average molecular weight is 315 g/mol. The normalized spacial score (nSPS) is 10.4. The van der Waals surface area contributed by atoms with Crippen LogP contribution in [0, 0.1) is 0 Å². The Morgan fingerprint density at radius 1 is 0.955 bits per heavy atom. The highest BCUT2D eigenvalue weighted by Gasteiger charge is 2.10. The van der Waals surface area contributed by atoms with Crippen LogP contribution in [0.15, 0.2) is 48.8 Å². The van der Waals surface area contributed by atoms with Crippen LogP contribution in [0.4, 0.5) is 0 Å². The second kappa shape index (κ2) is 5.87. The number of nitrogens with zero attached hydrogens (tertiary/aromatic N) is 1. The highest BCUT2D eigenvalue weighted by molar-refractivity contribution is 6.30. The first-order valence-electron chi connectivity index (χ1n) is 6.43. The number of rotatable bonds is 2. The molecule has 22 heavy (non-hydrogen) atoms. The molecule has 0 saturated heterocycles. The van der Waals surface area contributed by atoms with Gasteiger partial charge >= 0.3 is 0 Å². The van der Waals surface area contributed by atoms with Gasteiger partial charge in [-0.05, 0) is 42.5 Å². The molecule has 0 atom stereocenters. The van der Waals surface area contributed by atoms with E-state index in [9.17, 15) is 9.59 Å². The zero-order valence-electron chi connectivity index (χ0n) is 11.3. The highest BCUT2D eigenvalue weighted by Crippen LogP contribution is 2.11. The monoisotopic (exact) mass is 314 g/mol. The van der Waals surface area contributed by atoms with Crippen molar-refractivity contribution < 1.29 is 9.59 Å². The van der Waals surface area contributed by atoms with Gasteiger partial charge in [-0.2, -0.15) is 0 Å². The Bertz CT molecular complexity index is 842. The maximum atomic E-state index is 12.0. The first kappa shape index (κ1) is 14.1. The van der Waals surface area contributed by atoms with Gasteiger partial charge in [0.1, 0.15) is 0 Å². The molecule has 0 aliphatic rings. The molecule has 0 spiro atoms. The summed E-state index contributed by atoms with van der Waals surface area (Å²) in [5.74, 6) is -0.841. The van der Waals surface area contributed by atoms with E-state index in [4.69, 9.17) is 11.6 Å². The molecule has 3 aromatic rings. The van der Waals surface area contributed by atoms with Gasteiger partial charge in [0.05, 0.1) is 17.4 Å². The molecule has 6 nitrogen and oxygen atoms in total. The molecular weight excluding hydrogens is 304 g/mol. The number of hydrogen-bond acceptors (Lipinski definition) is 3. The van der Waals surface area contributed by atoms with E-state index in [1.807, 2.05) is 0 Å². The minimum absolute atomic E-state index is 0.397. The second-order valence-corrected chi connectivity index (χ2v) is 4.99. The lowest BCUT2D eigenvalue weighted by Gasteiger charge is -2.07. The van der Waals surface area contributed by atoms with Crippen molar-refractivity contribution >= 4 is 34.4 Å². The van der Waals surface area contributed by atoms with Crippen LogP contribution in [-0.4, -0.2) is 21.8 Å². The molecule has 0 unspecified atom stereocenters. The van der Waals surface area contributed by atoms with Crippen molar-refractivity contribution in [1.82, 2.24) is 20.8 Å². The van der Waals surface area contributed by atoms with Gasteiger partial charge in [-0.25, -0.2) is 4.98 Å². The van der Waals surface area contributed by atoms with Crippen molar-refractivity contribution in [3.63, 3.8) is 0 Å². The van der Waals surface area contributed by atoms with Crippen LogP contribution in [-0.2, 0) is 0 Å². The number of fused-ring (bicyclic) bond motifs is 1. The molecule has 0 radical (unpaired) electrons. The molecule has 2 aromatic carbocycles. The second-order valence-electron chi connectivity index (χ2n) is 4.55. The third-order valence-electron chi connectivity index (χ3n) is 3.08. The fourth-order valence-corrected chi connectivity index (χ4v) is 2.06. The number of hydrazine groups is 1. The van der Waals surface area contributed by atoms with Crippen LogP contribution < -0.4 is 10.9 Å². The van der Waals surface area contributed by atoms with Gasteiger partial charge in [0.25, 0.3) is 11.8 Å². The Morgan fingerprint density at radius 2 is 1.59 bits per heavy atom. The van der Waals surface area contributed by atoms with Crippen LogP contribution in [0.3, 0.4) is 0 Å². The largest absolute Gasteiger partial charge is 0.345 e. The van der Waals surface area contributed by atoms with E-state index >= 15 is 0 Å². The first-order chi connectivity index (χ1) is 10.6. The van der Waals surface area contributed by atoms with Crippen LogP contribution in [0.2, 0.25) is 5.02 Å². The number of carbonyl (C=O) groups is 2. The van der Waals surface area contributed by atoms with Gasteiger partial charge in [0.2, 0.25) is 0 Å². The summed E-state index contributed by atoms with van der Waals surface area (Å²) in [5.41, 5.74) is 7.03. The van der Waals surface area contributed by atoms with Crippen LogP contribution in [0.25, 0.3) is 11.0 Å². The van der Waals surface area contributed by atoms with Gasteiger partial charge in [-0.15, -0.1) is 0 Å². The molecular formula is C15H11ClN4O2. The third kappa shape index (κ3) is 2.91. The number of carbonyl (C=O) groups excluding carboxylic acids is 2. The third-order valence-corrected chi connectivity index (χ3v) is 3.33. The molecule has 110 valence electrons. The van der Waals surface area contributed by atoms with Gasteiger partial charge in [0.15, 0.2) is 0 Å². The first-order valence-corrected chi connectivity index (χ1v) is 6.81. The minimum Gasteiger partial charge on any atom is -0.345 e. The van der Waals surface area contributed by atoms with Crippen LogP contribution >= 0.6 is 11.6 Å². The van der Waals surface area contributed by atoms with Gasteiger partial charge in [0, 0.05) is 16.1 Å². The molecule has 0 aliphatic carbocycles. The van der Waals surface area contributed by atoms with Crippen molar-refractivity contribution in [2.45, 2.75) is 0 Å². The van der Waals surface area contributed by atoms with E-state index in [1.165, 1.54) is 0 Å². The lowest BCUT2D eigenvalue weighted by Crippen LogP contribution is -2.41. The Kier molecular flexibility index (Phi) is 3.76. The topological polar surface area (TPSA) is 86.9 Å². The summed E-state index contributed by atoms with van der Waals surface area (Å²) in [6, 6.07) is 11.4. The Hall–Kier alpha value is -2.86. The van der Waals surface area contributed by atoms with E-state index in [0.29, 0.717) is 16.1 Å². The number of halogens is 1. The summed E-state index contributed by atoms with van der Waals surface area (Å²) in [4.78, 5) is 30.9. The molecule has 2 amide bonds. The fourth-order valence-electron chi connectivity index (χ4n) is 1.94. The summed E-state index contributed by atoms with van der Waals surface area (Å²) in [7, 11) is 0. The SMILES string of the molecule is O=C(NNC(=O)c1ccc2nc[nH]c2c1)c1ccc(Cl)cc1. The summed E-state index contributed by atoms with van der Waals surface area (Å²) < 4.78 is 0. The minimum atomic E-state index is -0.423. The molecule has 0 saturated carbocycles. The van der Waals surface area contributed by atoms with E-state index in [-0.39, 0.29) is 0 Å². The van der Waals surface area contributed by atoms with Crippen molar-refractivity contribution in [2.24, 2.45) is 0 Å². The summed E-state index contributed by atoms with van der Waals surface area (Å²) in [6.07, 6.45) is 1.55. The maximum absolute atomic E-state index is 12.0. The number of hydrogen-bond donors (Lipinski definition) is 3. The smallest absolute Gasteiger partial charge is 0.269 e. The molecule has 7 heteroatoms. The molecule has 1 aromatic heterocycles. The van der Waals surface area contributed by atoms with Crippen molar-refractivity contribution in [1.29, 1.82) is 0 Å². The lowest BCUT2D eigenvalue weighted by molar-refractivity contribution is 0.0847. The zero-order chi connectivity index (χ0) is 15.5. The fraction of sp³-hybridized carbons (Fsp3) is 0. The Balaban J connectivity index is 1.66. The Morgan fingerprint density at radius 3 is 2.32 bits per heavy atom. The number of imidazole rings is 1. The van der Waals surface area contributed by atoms with E-state index in [2.05, 4.69) is 20.8 Å². The molecule has 1 heterocycles.